The molecular formula is C24H37NO9S. The second-order valence-corrected chi connectivity index (χ2v) is 11.5. The van der Waals surface area contributed by atoms with Gasteiger partial charge in [-0.05, 0) is 56.5 Å². The van der Waals surface area contributed by atoms with Gasteiger partial charge in [0.2, 0.25) is 18.0 Å². The maximum atomic E-state index is 12.6. The van der Waals surface area contributed by atoms with Crippen LogP contribution >= 0.6 is 11.8 Å². The number of hydrogen-bond donors (Lipinski definition) is 2. The molecule has 5 fully saturated rings. The highest BCUT2D eigenvalue weighted by Gasteiger charge is 2.69. The highest BCUT2D eigenvalue weighted by molar-refractivity contribution is 7.98. The predicted octanol–water partition coefficient (Wildman–Crippen LogP) is 2.84. The highest BCUT2D eigenvalue weighted by Crippen LogP contribution is 2.60. The van der Waals surface area contributed by atoms with Gasteiger partial charge in [0.15, 0.2) is 11.9 Å². The van der Waals surface area contributed by atoms with Crippen molar-refractivity contribution in [3.05, 3.63) is 0 Å². The molecule has 1 aliphatic carbocycles. The quantitative estimate of drug-likeness (QED) is 0.349. The number of carboxylic acid groups (broad SMARTS) is 1. The van der Waals surface area contributed by atoms with Crippen LogP contribution in [0.1, 0.15) is 65.7 Å². The molecule has 35 heavy (non-hydrogen) atoms. The second kappa shape index (κ2) is 10.5. The first-order valence-electron chi connectivity index (χ1n) is 12.5. The van der Waals surface area contributed by atoms with Crippen LogP contribution in [0.25, 0.3) is 0 Å². The van der Waals surface area contributed by atoms with Gasteiger partial charge in [0.05, 0.1) is 6.42 Å². The molecule has 0 radical (unpaired) electrons. The Balaban J connectivity index is 1.37. The molecule has 0 aromatic heterocycles. The van der Waals surface area contributed by atoms with E-state index in [1.165, 1.54) is 11.8 Å². The largest absolute Gasteiger partial charge is 0.480 e. The van der Waals surface area contributed by atoms with Gasteiger partial charge in [-0.15, -0.1) is 0 Å². The zero-order chi connectivity index (χ0) is 25.4. The molecule has 1 amide bonds. The topological polar surface area (TPSA) is 130 Å². The SMILES string of the molecule is CSCCC(NC(=O)CCC(=O)OC1OC2OC3(C)CCC4C(C)CCC(C1C)C24OO3)C(=O)O. The van der Waals surface area contributed by atoms with Crippen LogP contribution in [0.2, 0.25) is 0 Å². The van der Waals surface area contributed by atoms with Gasteiger partial charge in [-0.1, -0.05) is 13.8 Å². The molecule has 1 spiro atoms. The molecule has 0 aromatic carbocycles. The predicted molar refractivity (Wildman–Crippen MR) is 125 cm³/mol. The molecule has 198 valence electrons. The van der Waals surface area contributed by atoms with Crippen molar-refractivity contribution in [3.8, 4) is 0 Å². The van der Waals surface area contributed by atoms with Crippen molar-refractivity contribution < 1.29 is 43.5 Å². The Morgan fingerprint density at radius 3 is 2.63 bits per heavy atom. The van der Waals surface area contributed by atoms with E-state index in [4.69, 9.17) is 24.0 Å². The van der Waals surface area contributed by atoms with Crippen molar-refractivity contribution in [3.63, 3.8) is 0 Å². The third kappa shape index (κ3) is 5.20. The van der Waals surface area contributed by atoms with Gasteiger partial charge >= 0.3 is 11.9 Å². The van der Waals surface area contributed by atoms with Crippen molar-refractivity contribution in [1.82, 2.24) is 5.32 Å². The third-order valence-electron chi connectivity index (χ3n) is 8.14. The Labute approximate surface area is 210 Å². The Morgan fingerprint density at radius 2 is 1.91 bits per heavy atom. The summed E-state index contributed by atoms with van der Waals surface area (Å²) in [5, 5.41) is 11.8. The first-order chi connectivity index (χ1) is 16.6. The van der Waals surface area contributed by atoms with Gasteiger partial charge in [0.1, 0.15) is 6.04 Å². The number of amides is 1. The maximum Gasteiger partial charge on any atom is 0.326 e. The number of carbonyl (C=O) groups excluding carboxylic acids is 2. The Bertz CT molecular complexity index is 827. The smallest absolute Gasteiger partial charge is 0.326 e. The van der Waals surface area contributed by atoms with E-state index >= 15 is 0 Å². The van der Waals surface area contributed by atoms with E-state index < -0.39 is 47.9 Å². The molecule has 5 aliphatic rings. The van der Waals surface area contributed by atoms with E-state index in [0.717, 1.165) is 19.3 Å². The lowest BCUT2D eigenvalue weighted by Gasteiger charge is -2.59. The summed E-state index contributed by atoms with van der Waals surface area (Å²) in [6.07, 6.45) is 3.82. The average molecular weight is 516 g/mol. The minimum Gasteiger partial charge on any atom is -0.480 e. The summed E-state index contributed by atoms with van der Waals surface area (Å²) >= 11 is 1.50. The minimum absolute atomic E-state index is 0.0268. The number of rotatable bonds is 9. The van der Waals surface area contributed by atoms with E-state index in [1.807, 2.05) is 20.1 Å². The summed E-state index contributed by atoms with van der Waals surface area (Å²) in [7, 11) is 0. The number of nitrogens with one attached hydrogen (secondary N) is 1. The van der Waals surface area contributed by atoms with Crippen molar-refractivity contribution >= 4 is 29.6 Å². The Hall–Kier alpha value is -1.40. The van der Waals surface area contributed by atoms with Gasteiger partial charge in [-0.2, -0.15) is 11.8 Å². The average Bonchev–Trinajstić information content (AvgIpc) is 3.04. The van der Waals surface area contributed by atoms with Crippen LogP contribution in [0.15, 0.2) is 0 Å². The van der Waals surface area contributed by atoms with E-state index in [0.29, 0.717) is 24.5 Å². The van der Waals surface area contributed by atoms with E-state index in [-0.39, 0.29) is 30.6 Å². The van der Waals surface area contributed by atoms with Gasteiger partial charge in [0, 0.05) is 24.7 Å². The van der Waals surface area contributed by atoms with Crippen molar-refractivity contribution in [2.45, 2.75) is 95.7 Å². The van der Waals surface area contributed by atoms with Gasteiger partial charge in [-0.3, -0.25) is 9.59 Å². The van der Waals surface area contributed by atoms with Crippen molar-refractivity contribution in [1.29, 1.82) is 0 Å². The number of fused-ring (bicyclic) bond motifs is 2. The lowest BCUT2D eigenvalue weighted by Crippen LogP contribution is -2.70. The molecule has 1 saturated carbocycles. The normalized spacial score (nSPS) is 40.8. The molecule has 4 aliphatic heterocycles. The molecular weight excluding hydrogens is 478 g/mol. The second-order valence-electron chi connectivity index (χ2n) is 10.5. The van der Waals surface area contributed by atoms with E-state index in [2.05, 4.69) is 12.2 Å². The number of hydrogen-bond acceptors (Lipinski definition) is 9. The van der Waals surface area contributed by atoms with Crippen LogP contribution in [0, 0.1) is 23.7 Å². The molecule has 11 heteroatoms. The number of ether oxygens (including phenoxy) is 3. The number of aliphatic carboxylic acids is 1. The number of carboxylic acids is 1. The molecule has 9 unspecified atom stereocenters. The van der Waals surface area contributed by atoms with E-state index in [1.54, 1.807) is 0 Å². The van der Waals surface area contributed by atoms with Crippen LogP contribution < -0.4 is 5.32 Å². The van der Waals surface area contributed by atoms with Crippen molar-refractivity contribution in [2.24, 2.45) is 23.7 Å². The van der Waals surface area contributed by atoms with Crippen LogP contribution in [-0.2, 0) is 38.4 Å². The van der Waals surface area contributed by atoms with E-state index in [9.17, 15) is 19.5 Å². The summed E-state index contributed by atoms with van der Waals surface area (Å²) in [6.45, 7) is 6.05. The zero-order valence-corrected chi connectivity index (χ0v) is 21.6. The molecule has 10 nitrogen and oxygen atoms in total. The molecule has 0 aromatic rings. The van der Waals surface area contributed by atoms with Crippen LogP contribution in [0.5, 0.6) is 0 Å². The maximum absolute atomic E-state index is 12.6. The molecule has 4 heterocycles. The zero-order valence-electron chi connectivity index (χ0n) is 20.8. The lowest BCUT2D eigenvalue weighted by molar-refractivity contribution is -0.576. The summed E-state index contributed by atoms with van der Waals surface area (Å²) in [5.41, 5.74) is -0.738. The lowest BCUT2D eigenvalue weighted by atomic mass is 9.58. The number of carbonyl (C=O) groups is 3. The number of thioether (sulfide) groups is 1. The highest BCUT2D eigenvalue weighted by atomic mass is 32.2. The summed E-state index contributed by atoms with van der Waals surface area (Å²) in [4.78, 5) is 48.1. The first kappa shape index (κ1) is 26.7. The monoisotopic (exact) mass is 515 g/mol. The summed E-state index contributed by atoms with van der Waals surface area (Å²) in [6, 6.07) is -0.975. The standard InChI is InChI=1S/C24H37NO9S/c1-13-5-6-16-14(2)21(31-22-24(16)15(13)9-11-23(3,32-22)33-34-24)30-19(27)8-7-18(26)25-17(20(28)29)10-12-35-4/h13-17,21-22H,5-12H2,1-4H3,(H,25,26)(H,28,29). The van der Waals surface area contributed by atoms with Crippen LogP contribution in [0.4, 0.5) is 0 Å². The Morgan fingerprint density at radius 1 is 1.14 bits per heavy atom. The minimum atomic E-state index is -1.09. The van der Waals surface area contributed by atoms with Crippen LogP contribution in [0.3, 0.4) is 0 Å². The fraction of sp³-hybridized carbons (Fsp3) is 0.875. The van der Waals surface area contributed by atoms with Crippen LogP contribution in [-0.4, -0.2) is 65.0 Å². The van der Waals surface area contributed by atoms with Gasteiger partial charge in [0.25, 0.3) is 0 Å². The molecule has 9 atom stereocenters. The number of esters is 1. The summed E-state index contributed by atoms with van der Waals surface area (Å²) < 4.78 is 18.2. The molecule has 5 rings (SSSR count). The summed E-state index contributed by atoms with van der Waals surface area (Å²) in [5.74, 6) is -1.96. The fourth-order valence-corrected chi connectivity index (χ4v) is 6.64. The van der Waals surface area contributed by atoms with Gasteiger partial charge in [-0.25, -0.2) is 14.6 Å². The van der Waals surface area contributed by atoms with Crippen molar-refractivity contribution in [2.75, 3.05) is 12.0 Å². The molecule has 2 N–H and O–H groups in total. The first-order valence-corrected chi connectivity index (χ1v) is 13.9. The van der Waals surface area contributed by atoms with Gasteiger partial charge < -0.3 is 24.6 Å². The molecule has 4 saturated heterocycles. The third-order valence-corrected chi connectivity index (χ3v) is 8.79. The fourth-order valence-electron chi connectivity index (χ4n) is 6.17. The Kier molecular flexibility index (Phi) is 8.02. The molecule has 2 bridgehead atoms.